The number of nitrogens with zero attached hydrogens (tertiary/aromatic N) is 3. The third kappa shape index (κ3) is 3.90. The van der Waals surface area contributed by atoms with Gasteiger partial charge in [-0.15, -0.1) is 0 Å². The van der Waals surface area contributed by atoms with Gasteiger partial charge in [0.2, 0.25) is 5.91 Å². The topological polar surface area (TPSA) is 93.5 Å². The van der Waals surface area contributed by atoms with Crippen molar-refractivity contribution in [3.8, 4) is 0 Å². The highest BCUT2D eigenvalue weighted by molar-refractivity contribution is 5.89. The molecule has 29 heavy (non-hydrogen) atoms. The fourth-order valence-electron chi connectivity index (χ4n) is 5.21. The molecule has 8 heteroatoms. The van der Waals surface area contributed by atoms with Gasteiger partial charge in [-0.1, -0.05) is 12.1 Å². The van der Waals surface area contributed by atoms with Crippen LogP contribution in [0.25, 0.3) is 0 Å². The molecule has 3 fully saturated rings. The van der Waals surface area contributed by atoms with E-state index in [4.69, 9.17) is 9.84 Å². The minimum atomic E-state index is -0.351. The fourth-order valence-corrected chi connectivity index (χ4v) is 5.21. The molecule has 1 spiro atoms. The summed E-state index contributed by atoms with van der Waals surface area (Å²) in [6.07, 6.45) is 0.483. The molecule has 0 saturated carbocycles. The van der Waals surface area contributed by atoms with Gasteiger partial charge in [0.25, 0.3) is 0 Å². The largest absolute Gasteiger partial charge is 0.465 e. The molecule has 4 rings (SSSR count). The fraction of sp³-hybridized carbons (Fsp3) is 0.619. The number of likely N-dealkylation sites (tertiary alicyclic amines) is 1. The number of carbonyl (C=O) groups is 2. The normalized spacial score (nSPS) is 26.2. The second-order valence-electron chi connectivity index (χ2n) is 8.51. The van der Waals surface area contributed by atoms with E-state index in [9.17, 15) is 14.7 Å². The first-order valence-corrected chi connectivity index (χ1v) is 10.2. The van der Waals surface area contributed by atoms with E-state index in [-0.39, 0.29) is 42.6 Å². The maximum absolute atomic E-state index is 12.4. The van der Waals surface area contributed by atoms with Crippen LogP contribution in [0.15, 0.2) is 24.3 Å². The van der Waals surface area contributed by atoms with Crippen molar-refractivity contribution in [1.82, 2.24) is 14.7 Å². The number of hydrogen-bond donors (Lipinski definition) is 2. The van der Waals surface area contributed by atoms with Crippen LogP contribution in [0.2, 0.25) is 0 Å². The molecule has 1 aromatic rings. The Bertz CT molecular complexity index is 779. The second kappa shape index (κ2) is 8.02. The second-order valence-corrected chi connectivity index (χ2v) is 8.51. The van der Waals surface area contributed by atoms with Gasteiger partial charge in [-0.25, -0.2) is 4.79 Å². The van der Waals surface area contributed by atoms with Gasteiger partial charge in [0, 0.05) is 51.7 Å². The van der Waals surface area contributed by atoms with Crippen LogP contribution in [0.4, 0.5) is 0 Å². The Kier molecular flexibility index (Phi) is 5.61. The zero-order chi connectivity index (χ0) is 20.6. The smallest absolute Gasteiger partial charge is 0.337 e. The molecule has 2 unspecified atom stereocenters. The summed E-state index contributed by atoms with van der Waals surface area (Å²) < 4.78 is 4.80. The van der Waals surface area contributed by atoms with Gasteiger partial charge >= 0.3 is 5.97 Å². The number of rotatable bonds is 5. The molecule has 3 aliphatic rings. The van der Waals surface area contributed by atoms with E-state index in [0.29, 0.717) is 31.6 Å². The molecule has 8 nitrogen and oxygen atoms in total. The van der Waals surface area contributed by atoms with Gasteiger partial charge in [0.05, 0.1) is 30.9 Å². The molecule has 1 amide bonds. The van der Waals surface area contributed by atoms with Crippen molar-refractivity contribution in [2.24, 2.45) is 0 Å². The Morgan fingerprint density at radius 3 is 2.76 bits per heavy atom. The SMILES string of the molecule is COC(=O)c1cccc(CN2CC3(C2)CN(C(=O)CCO)CC2CC(O)CN23)c1. The lowest BCUT2D eigenvalue weighted by molar-refractivity contribution is -0.151. The first-order chi connectivity index (χ1) is 13.9. The van der Waals surface area contributed by atoms with Gasteiger partial charge in [0.1, 0.15) is 0 Å². The summed E-state index contributed by atoms with van der Waals surface area (Å²) in [5, 5.41) is 19.3. The quantitative estimate of drug-likeness (QED) is 0.652. The van der Waals surface area contributed by atoms with Crippen molar-refractivity contribution in [3.63, 3.8) is 0 Å². The molecule has 0 aromatic heterocycles. The summed E-state index contributed by atoms with van der Waals surface area (Å²) in [6.45, 7) is 4.11. The maximum Gasteiger partial charge on any atom is 0.337 e. The Morgan fingerprint density at radius 1 is 1.24 bits per heavy atom. The average molecular weight is 403 g/mol. The molecule has 3 heterocycles. The summed E-state index contributed by atoms with van der Waals surface area (Å²) >= 11 is 0. The first-order valence-electron chi connectivity index (χ1n) is 10.2. The van der Waals surface area contributed by atoms with Crippen molar-refractivity contribution in [2.45, 2.75) is 37.1 Å². The summed E-state index contributed by atoms with van der Waals surface area (Å²) in [5.41, 5.74) is 1.44. The van der Waals surface area contributed by atoms with Crippen molar-refractivity contribution >= 4 is 11.9 Å². The minimum Gasteiger partial charge on any atom is -0.465 e. The third-order valence-electron chi connectivity index (χ3n) is 6.39. The number of ether oxygens (including phenoxy) is 1. The molecule has 3 saturated heterocycles. The number of benzene rings is 1. The summed E-state index contributed by atoms with van der Waals surface area (Å²) in [6, 6.07) is 7.63. The molecule has 2 atom stereocenters. The number of piperazine rings is 1. The number of esters is 1. The maximum atomic E-state index is 12.4. The number of aliphatic hydroxyl groups excluding tert-OH is 2. The van der Waals surface area contributed by atoms with E-state index in [1.807, 2.05) is 23.1 Å². The molecule has 158 valence electrons. The van der Waals surface area contributed by atoms with Crippen LogP contribution < -0.4 is 0 Å². The first kappa shape index (κ1) is 20.3. The lowest BCUT2D eigenvalue weighted by atomic mass is 9.83. The van der Waals surface area contributed by atoms with Crippen molar-refractivity contribution in [1.29, 1.82) is 0 Å². The summed E-state index contributed by atoms with van der Waals surface area (Å²) in [5.74, 6) is -0.358. The summed E-state index contributed by atoms with van der Waals surface area (Å²) in [4.78, 5) is 30.8. The predicted molar refractivity (Wildman–Crippen MR) is 105 cm³/mol. The Morgan fingerprint density at radius 2 is 2.03 bits per heavy atom. The van der Waals surface area contributed by atoms with Gasteiger partial charge in [-0.05, 0) is 24.1 Å². The Labute approximate surface area is 170 Å². The van der Waals surface area contributed by atoms with Crippen LogP contribution in [0.1, 0.15) is 28.8 Å². The minimum absolute atomic E-state index is 0.0165. The van der Waals surface area contributed by atoms with Crippen LogP contribution >= 0.6 is 0 Å². The van der Waals surface area contributed by atoms with Gasteiger partial charge < -0.3 is 19.8 Å². The van der Waals surface area contributed by atoms with E-state index in [1.54, 1.807) is 6.07 Å². The van der Waals surface area contributed by atoms with Gasteiger partial charge in [-0.3, -0.25) is 14.6 Å². The molecule has 2 N–H and O–H groups in total. The van der Waals surface area contributed by atoms with E-state index in [2.05, 4.69) is 9.80 Å². The molecule has 3 aliphatic heterocycles. The molecular weight excluding hydrogens is 374 g/mol. The molecule has 0 radical (unpaired) electrons. The Hall–Kier alpha value is -2.00. The molecular formula is C21H29N3O5. The highest BCUT2D eigenvalue weighted by atomic mass is 16.5. The van der Waals surface area contributed by atoms with Crippen molar-refractivity contribution < 1.29 is 24.5 Å². The van der Waals surface area contributed by atoms with Gasteiger partial charge in [0.15, 0.2) is 0 Å². The van der Waals surface area contributed by atoms with Crippen molar-refractivity contribution in [3.05, 3.63) is 35.4 Å². The highest BCUT2D eigenvalue weighted by Crippen LogP contribution is 2.39. The number of aliphatic hydroxyl groups is 2. The van der Waals surface area contributed by atoms with Crippen LogP contribution in [-0.2, 0) is 16.1 Å². The number of β-amino-alcohol motifs (C(OH)–C–C–N with tert-alkyl or cyclic N) is 1. The van der Waals surface area contributed by atoms with Crippen LogP contribution in [0.5, 0.6) is 0 Å². The molecule has 1 aromatic carbocycles. The van der Waals surface area contributed by atoms with Crippen molar-refractivity contribution in [2.75, 3.05) is 46.4 Å². The number of fused-ring (bicyclic) bond motifs is 2. The molecule has 0 aliphatic carbocycles. The third-order valence-corrected chi connectivity index (χ3v) is 6.39. The van der Waals surface area contributed by atoms with E-state index in [1.165, 1.54) is 7.11 Å². The standard InChI is InChI=1S/C21H29N3O5/c1-29-20(28)16-4-2-3-15(7-16)9-22-12-21(13-22)14-23(19(27)5-6-25)10-17-8-18(26)11-24(17)21/h2-4,7,17-18,25-26H,5-6,8-14H2,1H3. The van der Waals surface area contributed by atoms with Crippen LogP contribution in [0.3, 0.4) is 0 Å². The number of amides is 1. The zero-order valence-electron chi connectivity index (χ0n) is 16.8. The number of hydrogen-bond acceptors (Lipinski definition) is 7. The zero-order valence-corrected chi connectivity index (χ0v) is 16.8. The van der Waals surface area contributed by atoms with E-state index < -0.39 is 0 Å². The predicted octanol–water partition coefficient (Wildman–Crippen LogP) is -0.313. The summed E-state index contributed by atoms with van der Waals surface area (Å²) in [7, 11) is 1.38. The highest BCUT2D eigenvalue weighted by Gasteiger charge is 2.56. The monoisotopic (exact) mass is 403 g/mol. The van der Waals surface area contributed by atoms with Gasteiger partial charge in [-0.2, -0.15) is 0 Å². The molecule has 0 bridgehead atoms. The number of carbonyl (C=O) groups excluding carboxylic acids is 2. The number of methoxy groups -OCH3 is 1. The lowest BCUT2D eigenvalue weighted by Crippen LogP contribution is -2.78. The average Bonchev–Trinajstić information content (AvgIpc) is 3.07. The lowest BCUT2D eigenvalue weighted by Gasteiger charge is -2.61. The van der Waals surface area contributed by atoms with Crippen LogP contribution in [0, 0.1) is 0 Å². The van der Waals surface area contributed by atoms with Crippen LogP contribution in [-0.4, -0.2) is 101 Å². The van der Waals surface area contributed by atoms with E-state index in [0.717, 1.165) is 25.2 Å². The Balaban J connectivity index is 1.45. The van der Waals surface area contributed by atoms with E-state index >= 15 is 0 Å².